The van der Waals surface area contributed by atoms with Gasteiger partial charge in [-0.3, -0.25) is 4.52 Å². The van der Waals surface area contributed by atoms with Crippen LogP contribution in [0.2, 0.25) is 0 Å². The number of hydrogen-bond acceptors (Lipinski definition) is 5. The molecule has 0 aliphatic carbocycles. The van der Waals surface area contributed by atoms with E-state index >= 15 is 0 Å². The van der Waals surface area contributed by atoms with Crippen LogP contribution in [0.5, 0.6) is 0 Å². The fourth-order valence-corrected chi connectivity index (χ4v) is 2.01. The maximum absolute atomic E-state index is 10.5. The third-order valence-corrected chi connectivity index (χ3v) is 2.71. The number of ether oxygens (including phenoxy) is 1. The van der Waals surface area contributed by atoms with Gasteiger partial charge in [0.15, 0.2) is 0 Å². The van der Waals surface area contributed by atoms with Crippen molar-refractivity contribution in [3.63, 3.8) is 0 Å². The molecule has 1 aliphatic rings. The second kappa shape index (κ2) is 3.86. The maximum atomic E-state index is 10.5. The molecule has 1 fully saturated rings. The van der Waals surface area contributed by atoms with E-state index in [1.54, 1.807) is 0 Å². The second-order valence-electron chi connectivity index (χ2n) is 2.72. The maximum Gasteiger partial charge on any atom is 0.470 e. The highest BCUT2D eigenvalue weighted by Crippen LogP contribution is 2.43. The molecule has 0 saturated carbocycles. The topological polar surface area (TPSA) is 96.2 Å². The zero-order chi connectivity index (χ0) is 10.1. The highest BCUT2D eigenvalue weighted by molar-refractivity contribution is 7.80. The first-order valence-corrected chi connectivity index (χ1v) is 5.75. The van der Waals surface area contributed by atoms with E-state index in [0.717, 1.165) is 0 Å². The zero-order valence-electron chi connectivity index (χ0n) is 6.66. The van der Waals surface area contributed by atoms with E-state index in [4.69, 9.17) is 14.5 Å². The minimum atomic E-state index is -4.58. The standard InChI is InChI=1S/C5H11O6PS/c6-5(3-13)4(1-2-10-5)11-12(7,8)9/h4,6,13H,1-3H2,(H2,7,8,9). The van der Waals surface area contributed by atoms with Crippen LogP contribution >= 0.6 is 20.5 Å². The quantitative estimate of drug-likeness (QED) is 0.385. The molecule has 0 radical (unpaired) electrons. The van der Waals surface area contributed by atoms with Crippen LogP contribution in [0.15, 0.2) is 0 Å². The smallest absolute Gasteiger partial charge is 0.363 e. The van der Waals surface area contributed by atoms with E-state index in [1.807, 2.05) is 0 Å². The Morgan fingerprint density at radius 3 is 2.77 bits per heavy atom. The molecule has 0 amide bonds. The third-order valence-electron chi connectivity index (χ3n) is 1.73. The number of aliphatic hydroxyl groups is 1. The first kappa shape index (κ1) is 11.5. The van der Waals surface area contributed by atoms with E-state index in [2.05, 4.69) is 17.2 Å². The summed E-state index contributed by atoms with van der Waals surface area (Å²) >= 11 is 3.80. The number of thiol groups is 1. The van der Waals surface area contributed by atoms with Crippen LogP contribution in [-0.2, 0) is 13.8 Å². The molecule has 0 bridgehead atoms. The van der Waals surface area contributed by atoms with Gasteiger partial charge in [0.05, 0.1) is 6.61 Å². The van der Waals surface area contributed by atoms with E-state index in [1.165, 1.54) is 0 Å². The summed E-state index contributed by atoms with van der Waals surface area (Å²) < 4.78 is 19.7. The van der Waals surface area contributed by atoms with Gasteiger partial charge in [-0.05, 0) is 0 Å². The van der Waals surface area contributed by atoms with Gasteiger partial charge in [-0.1, -0.05) is 0 Å². The largest absolute Gasteiger partial charge is 0.470 e. The third kappa shape index (κ3) is 2.92. The molecule has 0 aromatic heterocycles. The summed E-state index contributed by atoms with van der Waals surface area (Å²) in [6.45, 7) is 0.196. The molecule has 1 saturated heterocycles. The molecule has 1 rings (SSSR count). The lowest BCUT2D eigenvalue weighted by molar-refractivity contribution is -0.191. The van der Waals surface area contributed by atoms with Gasteiger partial charge in [-0.2, -0.15) is 12.6 Å². The number of hydrogen-bond donors (Lipinski definition) is 4. The van der Waals surface area contributed by atoms with Crippen LogP contribution in [-0.4, -0.2) is 39.1 Å². The summed E-state index contributed by atoms with van der Waals surface area (Å²) in [6.07, 6.45) is -0.784. The number of phosphoric ester groups is 1. The molecule has 78 valence electrons. The average Bonchev–Trinajstić information content (AvgIpc) is 2.31. The highest BCUT2D eigenvalue weighted by atomic mass is 32.1. The minimum Gasteiger partial charge on any atom is -0.363 e. The van der Waals surface area contributed by atoms with Crippen molar-refractivity contribution in [2.45, 2.75) is 18.3 Å². The van der Waals surface area contributed by atoms with Crippen molar-refractivity contribution in [1.82, 2.24) is 0 Å². The Morgan fingerprint density at radius 1 is 1.69 bits per heavy atom. The molecule has 2 unspecified atom stereocenters. The Morgan fingerprint density at radius 2 is 2.31 bits per heavy atom. The van der Waals surface area contributed by atoms with E-state index in [-0.39, 0.29) is 18.8 Å². The van der Waals surface area contributed by atoms with Gasteiger partial charge in [0.2, 0.25) is 5.79 Å². The molecule has 6 nitrogen and oxygen atoms in total. The molecule has 8 heteroatoms. The molecule has 3 N–H and O–H groups in total. The monoisotopic (exact) mass is 230 g/mol. The van der Waals surface area contributed by atoms with Crippen LogP contribution in [0.3, 0.4) is 0 Å². The van der Waals surface area contributed by atoms with Crippen molar-refractivity contribution in [2.24, 2.45) is 0 Å². The molecule has 0 spiro atoms. The minimum absolute atomic E-state index is 0.0718. The van der Waals surface area contributed by atoms with Crippen molar-refractivity contribution in [2.75, 3.05) is 12.4 Å². The Kier molecular flexibility index (Phi) is 3.40. The van der Waals surface area contributed by atoms with Gasteiger partial charge in [0, 0.05) is 12.2 Å². The van der Waals surface area contributed by atoms with E-state index in [0.29, 0.717) is 0 Å². The first-order valence-electron chi connectivity index (χ1n) is 3.58. The van der Waals surface area contributed by atoms with E-state index in [9.17, 15) is 9.67 Å². The van der Waals surface area contributed by atoms with Gasteiger partial charge in [-0.15, -0.1) is 0 Å². The zero-order valence-corrected chi connectivity index (χ0v) is 8.45. The van der Waals surface area contributed by atoms with Crippen LogP contribution in [0.25, 0.3) is 0 Å². The van der Waals surface area contributed by atoms with Gasteiger partial charge >= 0.3 is 7.82 Å². The molecule has 0 aromatic rings. The normalized spacial score (nSPS) is 35.2. The van der Waals surface area contributed by atoms with E-state index < -0.39 is 19.7 Å². The number of phosphoric acid groups is 1. The Hall–Kier alpha value is 0.380. The summed E-state index contributed by atoms with van der Waals surface area (Å²) in [5.74, 6) is -1.76. The highest BCUT2D eigenvalue weighted by Gasteiger charge is 2.45. The molecule has 2 atom stereocenters. The van der Waals surface area contributed by atoms with Crippen LogP contribution in [0.4, 0.5) is 0 Å². The lowest BCUT2D eigenvalue weighted by Gasteiger charge is -2.26. The second-order valence-corrected chi connectivity index (χ2v) is 4.23. The van der Waals surface area contributed by atoms with Crippen LogP contribution < -0.4 is 0 Å². The van der Waals surface area contributed by atoms with Crippen molar-refractivity contribution < 1.29 is 28.7 Å². The predicted molar refractivity (Wildman–Crippen MR) is 46.3 cm³/mol. The summed E-state index contributed by atoms with van der Waals surface area (Å²) in [6, 6.07) is 0. The summed E-state index contributed by atoms with van der Waals surface area (Å²) in [5.41, 5.74) is 0. The van der Waals surface area contributed by atoms with Crippen LogP contribution in [0, 0.1) is 0 Å². The first-order chi connectivity index (χ1) is 5.87. The molecule has 0 aromatic carbocycles. The number of rotatable bonds is 3. The Labute approximate surface area is 80.5 Å². The Balaban J connectivity index is 2.64. The summed E-state index contributed by atoms with van der Waals surface area (Å²) in [4.78, 5) is 17.0. The van der Waals surface area contributed by atoms with Crippen molar-refractivity contribution in [3.8, 4) is 0 Å². The predicted octanol–water partition coefficient (Wildman–Crippen LogP) is -0.497. The molecular weight excluding hydrogens is 219 g/mol. The van der Waals surface area contributed by atoms with Crippen LogP contribution in [0.1, 0.15) is 6.42 Å². The van der Waals surface area contributed by atoms with Crippen molar-refractivity contribution in [3.05, 3.63) is 0 Å². The molecule has 13 heavy (non-hydrogen) atoms. The lowest BCUT2D eigenvalue weighted by Crippen LogP contribution is -2.42. The fraction of sp³-hybridized carbons (Fsp3) is 1.00. The van der Waals surface area contributed by atoms with Gasteiger partial charge < -0.3 is 19.6 Å². The molecular formula is C5H11O6PS. The Bertz CT molecular complexity index is 229. The molecule has 1 heterocycles. The van der Waals surface area contributed by atoms with Gasteiger partial charge in [0.1, 0.15) is 6.10 Å². The van der Waals surface area contributed by atoms with Gasteiger partial charge in [-0.25, -0.2) is 4.57 Å². The fourth-order valence-electron chi connectivity index (χ4n) is 1.11. The van der Waals surface area contributed by atoms with Crippen molar-refractivity contribution in [1.29, 1.82) is 0 Å². The summed E-state index contributed by atoms with van der Waals surface area (Å²) in [7, 11) is -4.58. The lowest BCUT2D eigenvalue weighted by atomic mass is 10.2. The average molecular weight is 230 g/mol. The summed E-state index contributed by atoms with van der Waals surface area (Å²) in [5, 5.41) is 9.56. The van der Waals surface area contributed by atoms with Crippen molar-refractivity contribution >= 4 is 20.5 Å². The van der Waals surface area contributed by atoms with Gasteiger partial charge in [0.25, 0.3) is 0 Å². The SMILES string of the molecule is O=P(O)(O)OC1CCOC1(O)CS. The molecule has 1 aliphatic heterocycles.